The van der Waals surface area contributed by atoms with Crippen molar-refractivity contribution in [2.45, 2.75) is 30.8 Å². The molecule has 1 aromatic heterocycles. The summed E-state index contributed by atoms with van der Waals surface area (Å²) in [7, 11) is 4.66. The number of nitrogens with zero attached hydrogens (tertiary/aromatic N) is 1. The summed E-state index contributed by atoms with van der Waals surface area (Å²) >= 11 is 3.30. The molecule has 0 spiro atoms. The molecule has 0 aromatic carbocycles. The predicted octanol–water partition coefficient (Wildman–Crippen LogP) is 2.85. The van der Waals surface area contributed by atoms with Crippen molar-refractivity contribution >= 4 is 15.9 Å². The van der Waals surface area contributed by atoms with Gasteiger partial charge in [0.25, 0.3) is 0 Å². The number of ether oxygens (including phenoxy) is 4. The molecule has 0 saturated heterocycles. The summed E-state index contributed by atoms with van der Waals surface area (Å²) in [4.78, 5) is 12.5. The molecule has 1 aliphatic rings. The first-order valence-electron chi connectivity index (χ1n) is 7.88. The molecular weight excluding hydrogens is 390 g/mol. The van der Waals surface area contributed by atoms with E-state index in [-0.39, 0.29) is 17.3 Å². The second-order valence-electron chi connectivity index (χ2n) is 5.76. The zero-order chi connectivity index (χ0) is 18.6. The molecule has 0 radical (unpaired) electrons. The van der Waals surface area contributed by atoms with E-state index in [4.69, 9.17) is 18.9 Å². The van der Waals surface area contributed by atoms with Crippen molar-refractivity contribution in [2.75, 3.05) is 27.9 Å². The quantitative estimate of drug-likeness (QED) is 0.613. The van der Waals surface area contributed by atoms with Gasteiger partial charge in [-0.25, -0.2) is 0 Å². The van der Waals surface area contributed by atoms with Gasteiger partial charge in [0.05, 0.1) is 30.4 Å². The molecule has 6 nitrogen and oxygen atoms in total. The number of hydrogen-bond acceptors (Lipinski definition) is 5. The Balaban J connectivity index is 2.72. The lowest BCUT2D eigenvalue weighted by atomic mass is 9.81. The van der Waals surface area contributed by atoms with Gasteiger partial charge in [0.1, 0.15) is 17.8 Å². The zero-order valence-corrected chi connectivity index (χ0v) is 16.4. The van der Waals surface area contributed by atoms with Crippen molar-refractivity contribution in [3.05, 3.63) is 51.9 Å². The average molecular weight is 414 g/mol. The first-order chi connectivity index (χ1) is 12.0. The molecule has 1 aromatic rings. The van der Waals surface area contributed by atoms with Crippen LogP contribution in [0, 0.1) is 0 Å². The molecule has 1 aliphatic heterocycles. The van der Waals surface area contributed by atoms with Gasteiger partial charge in [0.15, 0.2) is 5.75 Å². The van der Waals surface area contributed by atoms with Gasteiger partial charge in [-0.15, -0.1) is 13.2 Å². The van der Waals surface area contributed by atoms with Crippen molar-refractivity contribution in [2.24, 2.45) is 0 Å². The van der Waals surface area contributed by atoms with E-state index in [0.717, 1.165) is 0 Å². The zero-order valence-electron chi connectivity index (χ0n) is 14.8. The molecule has 7 heteroatoms. The van der Waals surface area contributed by atoms with E-state index >= 15 is 0 Å². The molecule has 2 heterocycles. The van der Waals surface area contributed by atoms with Crippen molar-refractivity contribution in [1.82, 2.24) is 4.57 Å². The Morgan fingerprint density at radius 2 is 2.08 bits per heavy atom. The lowest BCUT2D eigenvalue weighted by Crippen LogP contribution is -2.57. The first kappa shape index (κ1) is 19.9. The second kappa shape index (κ2) is 8.31. The van der Waals surface area contributed by atoms with Crippen LogP contribution >= 0.6 is 15.9 Å². The highest BCUT2D eigenvalue weighted by atomic mass is 79.9. The van der Waals surface area contributed by atoms with Gasteiger partial charge in [0, 0.05) is 20.4 Å². The van der Waals surface area contributed by atoms with Crippen molar-refractivity contribution in [3.63, 3.8) is 0 Å². The Morgan fingerprint density at radius 3 is 2.60 bits per heavy atom. The number of rotatable bonds is 8. The number of pyridine rings is 1. The van der Waals surface area contributed by atoms with E-state index in [1.807, 2.05) is 4.57 Å². The van der Waals surface area contributed by atoms with Crippen LogP contribution in [0.25, 0.3) is 0 Å². The van der Waals surface area contributed by atoms with Crippen LogP contribution in [-0.2, 0) is 20.8 Å². The van der Waals surface area contributed by atoms with E-state index < -0.39 is 11.7 Å². The summed E-state index contributed by atoms with van der Waals surface area (Å²) in [6, 6.07) is 0. The van der Waals surface area contributed by atoms with Gasteiger partial charge >= 0.3 is 0 Å². The summed E-state index contributed by atoms with van der Waals surface area (Å²) in [5.41, 5.74) is -0.446. The van der Waals surface area contributed by atoms with Gasteiger partial charge in [-0.05, 0) is 22.4 Å². The fourth-order valence-electron chi connectivity index (χ4n) is 3.45. The molecule has 2 rings (SSSR count). The summed E-state index contributed by atoms with van der Waals surface area (Å²) in [6.45, 7) is 8.40. The largest absolute Gasteiger partial charge is 0.491 e. The number of aromatic nitrogens is 1. The molecular formula is C18H24BrNO5. The summed E-state index contributed by atoms with van der Waals surface area (Å²) < 4.78 is 25.4. The molecule has 3 unspecified atom stereocenters. The standard InChI is InChI=1S/C18H24BrNO5/c1-6-8-18(24-5)13(25-9-7-2)11-20-10-12(19)15(21)16(22-3)14(20)17(18)23-4/h6-7,10,13,17H,1-2,8-9,11H2,3-5H3. The average Bonchev–Trinajstić information content (AvgIpc) is 2.61. The van der Waals surface area contributed by atoms with Crippen LogP contribution in [0.2, 0.25) is 0 Å². The fraction of sp³-hybridized carbons (Fsp3) is 0.500. The molecule has 0 fully saturated rings. The Morgan fingerprint density at radius 1 is 1.36 bits per heavy atom. The topological polar surface area (TPSA) is 58.9 Å². The Labute approximate surface area is 156 Å². The molecule has 0 aliphatic carbocycles. The molecule has 0 amide bonds. The molecule has 138 valence electrons. The van der Waals surface area contributed by atoms with E-state index in [2.05, 4.69) is 29.1 Å². The van der Waals surface area contributed by atoms with Gasteiger partial charge in [-0.1, -0.05) is 12.2 Å². The molecule has 25 heavy (non-hydrogen) atoms. The van der Waals surface area contributed by atoms with Crippen LogP contribution in [0.15, 0.2) is 40.8 Å². The van der Waals surface area contributed by atoms with Crippen molar-refractivity contribution in [3.8, 4) is 5.75 Å². The van der Waals surface area contributed by atoms with Crippen LogP contribution in [-0.4, -0.2) is 44.2 Å². The summed E-state index contributed by atoms with van der Waals surface area (Å²) in [5.74, 6) is 0.230. The Bertz CT molecular complexity index is 701. The van der Waals surface area contributed by atoms with Crippen LogP contribution in [0.3, 0.4) is 0 Å². The van der Waals surface area contributed by atoms with E-state index in [1.54, 1.807) is 32.6 Å². The maximum atomic E-state index is 12.5. The SMILES string of the molecule is C=CCOC1Cn2cc(Br)c(=O)c(OC)c2C(OC)C1(CC=C)OC. The van der Waals surface area contributed by atoms with E-state index in [1.165, 1.54) is 7.11 Å². The maximum absolute atomic E-state index is 12.5. The Kier molecular flexibility index (Phi) is 6.62. The van der Waals surface area contributed by atoms with Gasteiger partial charge in [-0.2, -0.15) is 0 Å². The minimum atomic E-state index is -0.840. The smallest absolute Gasteiger partial charge is 0.237 e. The number of halogens is 1. The van der Waals surface area contributed by atoms with E-state index in [9.17, 15) is 4.79 Å². The van der Waals surface area contributed by atoms with Crippen LogP contribution in [0.4, 0.5) is 0 Å². The van der Waals surface area contributed by atoms with Crippen LogP contribution < -0.4 is 10.2 Å². The highest BCUT2D eigenvalue weighted by Crippen LogP contribution is 2.45. The molecule has 3 atom stereocenters. The van der Waals surface area contributed by atoms with Gasteiger partial charge < -0.3 is 23.5 Å². The fourth-order valence-corrected chi connectivity index (χ4v) is 3.87. The summed E-state index contributed by atoms with van der Waals surface area (Å²) in [5, 5.41) is 0. The monoisotopic (exact) mass is 413 g/mol. The molecule has 0 saturated carbocycles. The van der Waals surface area contributed by atoms with Crippen molar-refractivity contribution in [1.29, 1.82) is 0 Å². The second-order valence-corrected chi connectivity index (χ2v) is 6.61. The maximum Gasteiger partial charge on any atom is 0.237 e. The lowest BCUT2D eigenvalue weighted by molar-refractivity contribution is -0.205. The highest BCUT2D eigenvalue weighted by Gasteiger charge is 2.52. The minimum absolute atomic E-state index is 0.230. The third-order valence-corrected chi connectivity index (χ3v) is 5.10. The van der Waals surface area contributed by atoms with Crippen LogP contribution in [0.5, 0.6) is 5.75 Å². The molecule has 0 bridgehead atoms. The normalized spacial score (nSPS) is 25.3. The third-order valence-electron chi connectivity index (χ3n) is 4.53. The Hall–Kier alpha value is -1.41. The number of methoxy groups -OCH3 is 3. The summed E-state index contributed by atoms with van der Waals surface area (Å²) in [6.07, 6.45) is 4.76. The minimum Gasteiger partial charge on any atom is -0.491 e. The highest BCUT2D eigenvalue weighted by molar-refractivity contribution is 9.10. The van der Waals surface area contributed by atoms with Crippen molar-refractivity contribution < 1.29 is 18.9 Å². The predicted molar refractivity (Wildman–Crippen MR) is 99.2 cm³/mol. The number of fused-ring (bicyclic) bond motifs is 1. The van der Waals surface area contributed by atoms with Crippen LogP contribution in [0.1, 0.15) is 18.2 Å². The van der Waals surface area contributed by atoms with Gasteiger partial charge in [0.2, 0.25) is 5.43 Å². The lowest BCUT2D eigenvalue weighted by Gasteiger charge is -2.48. The van der Waals surface area contributed by atoms with E-state index in [0.29, 0.717) is 29.7 Å². The first-order valence-corrected chi connectivity index (χ1v) is 8.68. The third kappa shape index (κ3) is 3.33. The van der Waals surface area contributed by atoms with Gasteiger partial charge in [-0.3, -0.25) is 4.79 Å². The molecule has 0 N–H and O–H groups in total. The number of hydrogen-bond donors (Lipinski definition) is 0.